The van der Waals surface area contributed by atoms with Crippen molar-refractivity contribution >= 4 is 30.7 Å². The summed E-state index contributed by atoms with van der Waals surface area (Å²) in [7, 11) is 0. The van der Waals surface area contributed by atoms with Crippen LogP contribution in [0.1, 0.15) is 12.0 Å². The van der Waals surface area contributed by atoms with Crippen LogP contribution in [-0.2, 0) is 11.2 Å². The van der Waals surface area contributed by atoms with E-state index in [9.17, 15) is 4.79 Å². The van der Waals surface area contributed by atoms with Gasteiger partial charge >= 0.3 is 0 Å². The Balaban J connectivity index is 0.00000162. The Morgan fingerprint density at radius 1 is 1.26 bits per heavy atom. The number of rotatable bonds is 4. The van der Waals surface area contributed by atoms with Crippen LogP contribution in [0.25, 0.3) is 0 Å². The molecule has 1 aromatic rings. The summed E-state index contributed by atoms with van der Waals surface area (Å²) >= 11 is 0. The van der Waals surface area contributed by atoms with E-state index in [-0.39, 0.29) is 36.8 Å². The maximum Gasteiger partial charge on any atom is 0.239 e. The fraction of sp³-hybridized carbons (Fsp3) is 0.462. The SMILES string of the molecule is Cl.Cl.NC1CN(C(=O)[C@@H](N)CCc2ccccc2)C1. The van der Waals surface area contributed by atoms with Crippen LogP contribution in [-0.4, -0.2) is 36.0 Å². The molecule has 1 fully saturated rings. The van der Waals surface area contributed by atoms with Crippen LogP contribution in [0, 0.1) is 0 Å². The van der Waals surface area contributed by atoms with Gasteiger partial charge in [0, 0.05) is 19.1 Å². The highest BCUT2D eigenvalue weighted by atomic mass is 35.5. The molecule has 0 spiro atoms. The van der Waals surface area contributed by atoms with Crippen molar-refractivity contribution in [3.8, 4) is 0 Å². The Bertz CT molecular complexity index is 383. The summed E-state index contributed by atoms with van der Waals surface area (Å²) in [6.45, 7) is 1.30. The average molecular weight is 306 g/mol. The molecule has 0 unspecified atom stereocenters. The molecule has 4 N–H and O–H groups in total. The lowest BCUT2D eigenvalue weighted by atomic mass is 10.0. The summed E-state index contributed by atoms with van der Waals surface area (Å²) in [6.07, 6.45) is 1.53. The topological polar surface area (TPSA) is 72.3 Å². The monoisotopic (exact) mass is 305 g/mol. The van der Waals surface area contributed by atoms with E-state index in [2.05, 4.69) is 12.1 Å². The van der Waals surface area contributed by atoms with E-state index in [0.717, 1.165) is 6.42 Å². The summed E-state index contributed by atoms with van der Waals surface area (Å²) < 4.78 is 0. The number of hydrogen-bond acceptors (Lipinski definition) is 3. The quantitative estimate of drug-likeness (QED) is 0.870. The molecule has 1 aliphatic heterocycles. The van der Waals surface area contributed by atoms with Crippen LogP contribution >= 0.6 is 24.8 Å². The average Bonchev–Trinajstić information content (AvgIpc) is 2.32. The zero-order valence-electron chi connectivity index (χ0n) is 10.7. The molecular formula is C13H21Cl2N3O. The number of hydrogen-bond donors (Lipinski definition) is 2. The first-order valence-electron chi connectivity index (χ1n) is 6.00. The minimum absolute atomic E-state index is 0. The number of likely N-dealkylation sites (tertiary alicyclic amines) is 1. The minimum atomic E-state index is -0.400. The first kappa shape index (κ1) is 18.2. The normalized spacial score (nSPS) is 15.8. The van der Waals surface area contributed by atoms with Crippen molar-refractivity contribution in [3.63, 3.8) is 0 Å². The van der Waals surface area contributed by atoms with Gasteiger partial charge in [0.05, 0.1) is 6.04 Å². The van der Waals surface area contributed by atoms with E-state index in [4.69, 9.17) is 11.5 Å². The molecule has 4 nitrogen and oxygen atoms in total. The third-order valence-corrected chi connectivity index (χ3v) is 3.13. The maximum atomic E-state index is 11.8. The number of nitrogens with zero attached hydrogens (tertiary/aromatic N) is 1. The van der Waals surface area contributed by atoms with Crippen LogP contribution in [0.5, 0.6) is 0 Å². The third-order valence-electron chi connectivity index (χ3n) is 3.13. The van der Waals surface area contributed by atoms with Crippen molar-refractivity contribution in [2.24, 2.45) is 11.5 Å². The Labute approximate surface area is 126 Å². The summed E-state index contributed by atoms with van der Waals surface area (Å²) in [5, 5.41) is 0. The molecule has 19 heavy (non-hydrogen) atoms. The summed E-state index contributed by atoms with van der Waals surface area (Å²) in [5.41, 5.74) is 12.7. The van der Waals surface area contributed by atoms with Gasteiger partial charge < -0.3 is 16.4 Å². The first-order chi connectivity index (χ1) is 8.16. The fourth-order valence-electron chi connectivity index (χ4n) is 2.02. The van der Waals surface area contributed by atoms with E-state index >= 15 is 0 Å². The number of halogens is 2. The Hall–Kier alpha value is -0.810. The standard InChI is InChI=1S/C13H19N3O.2ClH/c14-11-8-16(9-11)13(17)12(15)7-6-10-4-2-1-3-5-10;;/h1-5,11-12H,6-9,14-15H2;2*1H/t12-;;/m0../s1. The summed E-state index contributed by atoms with van der Waals surface area (Å²) in [6, 6.07) is 9.82. The van der Waals surface area contributed by atoms with E-state index in [1.807, 2.05) is 18.2 Å². The molecule has 1 aromatic carbocycles. The number of amides is 1. The van der Waals surface area contributed by atoms with Gasteiger partial charge in [-0.15, -0.1) is 24.8 Å². The molecule has 0 bridgehead atoms. The second-order valence-corrected chi connectivity index (χ2v) is 4.63. The van der Waals surface area contributed by atoms with Crippen molar-refractivity contribution in [1.29, 1.82) is 0 Å². The molecule has 1 atom stereocenters. The van der Waals surface area contributed by atoms with Crippen LogP contribution in [0.3, 0.4) is 0 Å². The minimum Gasteiger partial charge on any atom is -0.338 e. The summed E-state index contributed by atoms with van der Waals surface area (Å²) in [5.74, 6) is 0.0302. The Kier molecular flexibility index (Phi) is 8.02. The molecule has 2 rings (SSSR count). The number of carbonyl (C=O) groups is 1. The van der Waals surface area contributed by atoms with Gasteiger partial charge in [-0.2, -0.15) is 0 Å². The van der Waals surface area contributed by atoms with Crippen LogP contribution in [0.15, 0.2) is 30.3 Å². The Morgan fingerprint density at radius 2 is 1.84 bits per heavy atom. The predicted octanol–water partition coefficient (Wildman–Crippen LogP) is 0.960. The highest BCUT2D eigenvalue weighted by Gasteiger charge is 2.30. The lowest BCUT2D eigenvalue weighted by Crippen LogP contribution is -2.61. The molecule has 6 heteroatoms. The highest BCUT2D eigenvalue weighted by molar-refractivity contribution is 5.85. The van der Waals surface area contributed by atoms with Gasteiger partial charge in [0.2, 0.25) is 5.91 Å². The van der Waals surface area contributed by atoms with E-state index in [1.165, 1.54) is 5.56 Å². The van der Waals surface area contributed by atoms with Crippen LogP contribution in [0.4, 0.5) is 0 Å². The molecule has 108 valence electrons. The molecule has 0 saturated carbocycles. The maximum absolute atomic E-state index is 11.8. The number of carbonyl (C=O) groups excluding carboxylic acids is 1. The van der Waals surface area contributed by atoms with Crippen molar-refractivity contribution in [2.45, 2.75) is 24.9 Å². The van der Waals surface area contributed by atoms with Gasteiger partial charge in [-0.1, -0.05) is 30.3 Å². The zero-order chi connectivity index (χ0) is 12.3. The molecule has 1 amide bonds. The molecule has 0 aliphatic carbocycles. The number of nitrogens with two attached hydrogens (primary N) is 2. The van der Waals surface area contributed by atoms with Crippen molar-refractivity contribution in [2.75, 3.05) is 13.1 Å². The van der Waals surface area contributed by atoms with Crippen molar-refractivity contribution in [3.05, 3.63) is 35.9 Å². The highest BCUT2D eigenvalue weighted by Crippen LogP contribution is 2.10. The van der Waals surface area contributed by atoms with Gasteiger partial charge in [0.25, 0.3) is 0 Å². The molecule has 1 heterocycles. The summed E-state index contributed by atoms with van der Waals surface area (Å²) in [4.78, 5) is 13.6. The zero-order valence-corrected chi connectivity index (χ0v) is 12.3. The van der Waals surface area contributed by atoms with Crippen LogP contribution in [0.2, 0.25) is 0 Å². The number of aryl methyl sites for hydroxylation is 1. The first-order valence-corrected chi connectivity index (χ1v) is 6.00. The third kappa shape index (κ3) is 4.99. The molecule has 1 saturated heterocycles. The predicted molar refractivity (Wildman–Crippen MR) is 81.8 cm³/mol. The second-order valence-electron chi connectivity index (χ2n) is 4.63. The van der Waals surface area contributed by atoms with Gasteiger partial charge in [-0.05, 0) is 18.4 Å². The largest absolute Gasteiger partial charge is 0.338 e. The van der Waals surface area contributed by atoms with Gasteiger partial charge in [0.15, 0.2) is 0 Å². The van der Waals surface area contributed by atoms with Crippen molar-refractivity contribution in [1.82, 2.24) is 4.90 Å². The van der Waals surface area contributed by atoms with E-state index in [0.29, 0.717) is 19.5 Å². The van der Waals surface area contributed by atoms with Gasteiger partial charge in [0.1, 0.15) is 0 Å². The van der Waals surface area contributed by atoms with Gasteiger partial charge in [-0.3, -0.25) is 4.79 Å². The smallest absolute Gasteiger partial charge is 0.239 e. The lowest BCUT2D eigenvalue weighted by Gasteiger charge is -2.38. The lowest BCUT2D eigenvalue weighted by molar-refractivity contribution is -0.137. The van der Waals surface area contributed by atoms with Gasteiger partial charge in [-0.25, -0.2) is 0 Å². The second kappa shape index (κ2) is 8.38. The Morgan fingerprint density at radius 3 is 2.37 bits per heavy atom. The fourth-order valence-corrected chi connectivity index (χ4v) is 2.02. The number of benzene rings is 1. The van der Waals surface area contributed by atoms with E-state index < -0.39 is 6.04 Å². The molecule has 1 aliphatic rings. The molecule has 0 radical (unpaired) electrons. The molecule has 0 aromatic heterocycles. The molecular weight excluding hydrogens is 285 g/mol. The van der Waals surface area contributed by atoms with Crippen molar-refractivity contribution < 1.29 is 4.79 Å². The van der Waals surface area contributed by atoms with Crippen LogP contribution < -0.4 is 11.5 Å². The van der Waals surface area contributed by atoms with E-state index in [1.54, 1.807) is 4.90 Å².